The summed E-state index contributed by atoms with van der Waals surface area (Å²) in [6, 6.07) is 8.69. The Labute approximate surface area is 131 Å². The number of benzene rings is 1. The standard InChI is InChI=1S/C17H23N3O2/c1-12(20-8-7-13-5-3-4-6-15(13)20)10-18-17(22)14-9-16(21)19(2)11-14/h3-6,12,14H,7-11H2,1-2H3,(H,18,22). The van der Waals surface area contributed by atoms with Crippen molar-refractivity contribution < 1.29 is 9.59 Å². The highest BCUT2D eigenvalue weighted by atomic mass is 16.2. The number of amides is 2. The SMILES string of the molecule is CC(CNC(=O)C1CC(=O)N(C)C1)N1CCc2ccccc21. The molecule has 1 fully saturated rings. The van der Waals surface area contributed by atoms with Gasteiger partial charge in [-0.3, -0.25) is 9.59 Å². The van der Waals surface area contributed by atoms with Crippen LogP contribution in [0.15, 0.2) is 24.3 Å². The molecule has 5 heteroatoms. The van der Waals surface area contributed by atoms with Gasteiger partial charge in [-0.05, 0) is 25.0 Å². The van der Waals surface area contributed by atoms with Crippen molar-refractivity contribution in [1.82, 2.24) is 10.2 Å². The van der Waals surface area contributed by atoms with Crippen LogP contribution >= 0.6 is 0 Å². The maximum atomic E-state index is 12.2. The number of carbonyl (C=O) groups excluding carboxylic acids is 2. The lowest BCUT2D eigenvalue weighted by Crippen LogP contribution is -2.43. The Hall–Kier alpha value is -2.04. The van der Waals surface area contributed by atoms with Gasteiger partial charge in [0.1, 0.15) is 0 Å². The van der Waals surface area contributed by atoms with Crippen molar-refractivity contribution in [1.29, 1.82) is 0 Å². The fourth-order valence-electron chi connectivity index (χ4n) is 3.36. The average Bonchev–Trinajstić information content (AvgIpc) is 3.09. The van der Waals surface area contributed by atoms with Crippen LogP contribution in [0.2, 0.25) is 0 Å². The zero-order valence-electron chi connectivity index (χ0n) is 13.2. The number of rotatable bonds is 4. The van der Waals surface area contributed by atoms with Gasteiger partial charge >= 0.3 is 0 Å². The second kappa shape index (κ2) is 5.99. The smallest absolute Gasteiger partial charge is 0.225 e. The first-order valence-electron chi connectivity index (χ1n) is 7.92. The van der Waals surface area contributed by atoms with Gasteiger partial charge in [0.15, 0.2) is 0 Å². The molecule has 1 aromatic carbocycles. The highest BCUT2D eigenvalue weighted by Crippen LogP contribution is 2.29. The molecule has 0 radical (unpaired) electrons. The number of anilines is 1. The minimum atomic E-state index is -0.199. The van der Waals surface area contributed by atoms with Crippen LogP contribution in [0.25, 0.3) is 0 Å². The van der Waals surface area contributed by atoms with E-state index in [4.69, 9.17) is 0 Å². The van der Waals surface area contributed by atoms with E-state index in [2.05, 4.69) is 41.4 Å². The molecule has 1 saturated heterocycles. The number of para-hydroxylation sites is 1. The molecule has 2 unspecified atom stereocenters. The lowest BCUT2D eigenvalue weighted by atomic mass is 10.1. The number of nitrogens with zero attached hydrogens (tertiary/aromatic N) is 2. The first kappa shape index (κ1) is 14.9. The van der Waals surface area contributed by atoms with Crippen molar-refractivity contribution in [2.45, 2.75) is 25.8 Å². The molecule has 0 aromatic heterocycles. The summed E-state index contributed by atoms with van der Waals surface area (Å²) < 4.78 is 0. The third kappa shape index (κ3) is 2.80. The van der Waals surface area contributed by atoms with Crippen molar-refractivity contribution in [3.63, 3.8) is 0 Å². The predicted molar refractivity (Wildman–Crippen MR) is 85.7 cm³/mol. The monoisotopic (exact) mass is 301 g/mol. The van der Waals surface area contributed by atoms with Crippen LogP contribution in [-0.4, -0.2) is 49.4 Å². The van der Waals surface area contributed by atoms with Crippen LogP contribution < -0.4 is 10.2 Å². The van der Waals surface area contributed by atoms with E-state index < -0.39 is 0 Å². The summed E-state index contributed by atoms with van der Waals surface area (Å²) in [5.41, 5.74) is 2.66. The molecule has 0 bridgehead atoms. The number of nitrogens with one attached hydrogen (secondary N) is 1. The van der Waals surface area contributed by atoms with Gasteiger partial charge in [0.2, 0.25) is 11.8 Å². The molecule has 2 atom stereocenters. The molecule has 2 heterocycles. The molecule has 1 N–H and O–H groups in total. The molecular weight excluding hydrogens is 278 g/mol. The topological polar surface area (TPSA) is 52.7 Å². The van der Waals surface area contributed by atoms with Gasteiger partial charge in [-0.15, -0.1) is 0 Å². The van der Waals surface area contributed by atoms with Crippen LogP contribution in [0.4, 0.5) is 5.69 Å². The maximum absolute atomic E-state index is 12.2. The van der Waals surface area contributed by atoms with Crippen LogP contribution in [0, 0.1) is 5.92 Å². The summed E-state index contributed by atoms with van der Waals surface area (Å²) in [6.07, 6.45) is 1.40. The molecular formula is C17H23N3O2. The highest BCUT2D eigenvalue weighted by molar-refractivity contribution is 5.89. The normalized spacial score (nSPS) is 21.9. The predicted octanol–water partition coefficient (Wildman–Crippen LogP) is 1.03. The molecule has 0 saturated carbocycles. The van der Waals surface area contributed by atoms with Gasteiger partial charge in [0, 0.05) is 44.8 Å². The third-order valence-electron chi connectivity index (χ3n) is 4.74. The van der Waals surface area contributed by atoms with Gasteiger partial charge in [-0.25, -0.2) is 0 Å². The summed E-state index contributed by atoms with van der Waals surface area (Å²) in [5.74, 6) is -0.144. The maximum Gasteiger partial charge on any atom is 0.225 e. The van der Waals surface area contributed by atoms with Crippen molar-refractivity contribution in [2.24, 2.45) is 5.92 Å². The molecule has 118 valence electrons. The summed E-state index contributed by atoms with van der Waals surface area (Å²) in [6.45, 7) is 4.28. The van der Waals surface area contributed by atoms with Crippen LogP contribution in [0.3, 0.4) is 0 Å². The lowest BCUT2D eigenvalue weighted by molar-refractivity contribution is -0.128. The number of likely N-dealkylation sites (tertiary alicyclic amines) is 1. The second-order valence-corrected chi connectivity index (χ2v) is 6.34. The minimum Gasteiger partial charge on any atom is -0.366 e. The number of carbonyl (C=O) groups is 2. The van der Waals surface area contributed by atoms with Gasteiger partial charge in [-0.2, -0.15) is 0 Å². The van der Waals surface area contributed by atoms with E-state index in [0.29, 0.717) is 19.5 Å². The van der Waals surface area contributed by atoms with Gasteiger partial charge in [0.05, 0.1) is 5.92 Å². The van der Waals surface area contributed by atoms with Crippen LogP contribution in [0.5, 0.6) is 0 Å². The first-order valence-corrected chi connectivity index (χ1v) is 7.92. The Bertz CT molecular complexity index is 587. The van der Waals surface area contributed by atoms with Gasteiger partial charge in [-0.1, -0.05) is 18.2 Å². The Kier molecular flexibility index (Phi) is 4.05. The Balaban J connectivity index is 1.54. The second-order valence-electron chi connectivity index (χ2n) is 6.34. The highest BCUT2D eigenvalue weighted by Gasteiger charge is 2.32. The van der Waals surface area contributed by atoms with E-state index in [1.807, 2.05) is 0 Å². The molecule has 0 aliphatic carbocycles. The van der Waals surface area contributed by atoms with E-state index in [1.54, 1.807) is 11.9 Å². The molecule has 1 aromatic rings. The number of fused-ring (bicyclic) bond motifs is 1. The van der Waals surface area contributed by atoms with Crippen LogP contribution in [-0.2, 0) is 16.0 Å². The summed E-state index contributed by atoms with van der Waals surface area (Å²) in [4.78, 5) is 27.7. The summed E-state index contributed by atoms with van der Waals surface area (Å²) in [5, 5.41) is 3.01. The van der Waals surface area contributed by atoms with Crippen LogP contribution in [0.1, 0.15) is 18.9 Å². The molecule has 2 amide bonds. The summed E-state index contributed by atoms with van der Waals surface area (Å²) in [7, 11) is 1.75. The number of hydrogen-bond acceptors (Lipinski definition) is 3. The van der Waals surface area contributed by atoms with Crippen molar-refractivity contribution >= 4 is 17.5 Å². The summed E-state index contributed by atoms with van der Waals surface area (Å²) >= 11 is 0. The zero-order valence-corrected chi connectivity index (χ0v) is 13.2. The van der Waals surface area contributed by atoms with Crippen molar-refractivity contribution in [3.05, 3.63) is 29.8 Å². The van der Waals surface area contributed by atoms with Crippen molar-refractivity contribution in [2.75, 3.05) is 31.6 Å². The Morgan fingerprint density at radius 2 is 2.18 bits per heavy atom. The van der Waals surface area contributed by atoms with E-state index in [1.165, 1.54) is 11.3 Å². The third-order valence-corrected chi connectivity index (χ3v) is 4.74. The first-order chi connectivity index (χ1) is 10.6. The van der Waals surface area contributed by atoms with E-state index in [-0.39, 0.29) is 23.8 Å². The minimum absolute atomic E-state index is 0.00275. The fraction of sp³-hybridized carbons (Fsp3) is 0.529. The van der Waals surface area contributed by atoms with Gasteiger partial charge < -0.3 is 15.1 Å². The van der Waals surface area contributed by atoms with Crippen molar-refractivity contribution in [3.8, 4) is 0 Å². The average molecular weight is 301 g/mol. The van der Waals surface area contributed by atoms with E-state index in [9.17, 15) is 9.59 Å². The van der Waals surface area contributed by atoms with E-state index in [0.717, 1.165) is 13.0 Å². The molecule has 2 aliphatic rings. The number of hydrogen-bond donors (Lipinski definition) is 1. The van der Waals surface area contributed by atoms with Gasteiger partial charge in [0.25, 0.3) is 0 Å². The molecule has 5 nitrogen and oxygen atoms in total. The quantitative estimate of drug-likeness (QED) is 0.904. The molecule has 0 spiro atoms. The fourth-order valence-corrected chi connectivity index (χ4v) is 3.36. The largest absolute Gasteiger partial charge is 0.366 e. The molecule has 2 aliphatic heterocycles. The Morgan fingerprint density at radius 1 is 1.41 bits per heavy atom. The zero-order chi connectivity index (χ0) is 15.7. The lowest BCUT2D eigenvalue weighted by Gasteiger charge is -2.28. The molecule has 3 rings (SSSR count). The molecule has 22 heavy (non-hydrogen) atoms. The Morgan fingerprint density at radius 3 is 2.91 bits per heavy atom. The van der Waals surface area contributed by atoms with E-state index >= 15 is 0 Å².